The van der Waals surface area contributed by atoms with Crippen molar-refractivity contribution in [2.75, 3.05) is 0 Å². The lowest BCUT2D eigenvalue weighted by molar-refractivity contribution is 0.737. The van der Waals surface area contributed by atoms with E-state index in [4.69, 9.17) is 0 Å². The average Bonchev–Trinajstić information content (AvgIpc) is 2.20. The average molecular weight is 368 g/mol. The second kappa shape index (κ2) is 9.11. The SMILES string of the molecule is CCCCCC#C[B-](C[Si](C)(C)C)(C[Si](C)(C)C)C[Si](C)(C)C. The maximum Gasteiger partial charge on any atom is 0.0638 e. The number of unbranched alkanes of at least 4 members (excludes halogenated alkanes) is 3. The molecule has 0 radical (unpaired) electrons. The van der Waals surface area contributed by atoms with Gasteiger partial charge in [-0.2, -0.15) is 23.8 Å². The van der Waals surface area contributed by atoms with Crippen molar-refractivity contribution in [2.45, 2.75) is 109 Å². The van der Waals surface area contributed by atoms with Crippen molar-refractivity contribution in [2.24, 2.45) is 0 Å². The van der Waals surface area contributed by atoms with Crippen LogP contribution in [0.1, 0.15) is 32.6 Å². The molecule has 0 atom stereocenters. The summed E-state index contributed by atoms with van der Waals surface area (Å²) in [6, 6.07) is 0. The minimum atomic E-state index is -1.10. The highest BCUT2D eigenvalue weighted by Gasteiger charge is 2.35. The molecule has 0 saturated heterocycles. The Kier molecular flexibility index (Phi) is 9.22. The first kappa shape index (κ1) is 23.3. The van der Waals surface area contributed by atoms with Crippen molar-refractivity contribution in [1.29, 1.82) is 0 Å². The summed E-state index contributed by atoms with van der Waals surface area (Å²) in [6.07, 6.45) is 4.59. The molecule has 0 fully saturated rings. The zero-order valence-corrected chi connectivity index (χ0v) is 21.0. The number of hydrogen-bond donors (Lipinski definition) is 0. The first-order chi connectivity index (χ1) is 10.2. The Labute approximate surface area is 151 Å². The molecule has 0 aromatic heterocycles. The predicted molar refractivity (Wildman–Crippen MR) is 122 cm³/mol. The second-order valence-electron chi connectivity index (χ2n) is 11.6. The lowest BCUT2D eigenvalue weighted by Gasteiger charge is -2.47. The summed E-state index contributed by atoms with van der Waals surface area (Å²) in [6.45, 7) is 25.3. The topological polar surface area (TPSA) is 0 Å². The lowest BCUT2D eigenvalue weighted by atomic mass is 9.30. The summed E-state index contributed by atoms with van der Waals surface area (Å²) in [5, 5.41) is 0. The Balaban J connectivity index is 5.54. The predicted octanol–water partition coefficient (Wildman–Crippen LogP) is 7.19. The molecule has 0 bridgehead atoms. The molecule has 0 nitrogen and oxygen atoms in total. The second-order valence-corrected chi connectivity index (χ2v) is 28.1. The smallest absolute Gasteiger partial charge is 0.0638 e. The molecule has 0 aromatic rings. The monoisotopic (exact) mass is 367 g/mol. The molecular weight excluding hydrogens is 323 g/mol. The molecule has 136 valence electrons. The third kappa shape index (κ3) is 13.3. The van der Waals surface area contributed by atoms with Gasteiger partial charge in [-0.3, -0.25) is 0 Å². The molecule has 0 aliphatic heterocycles. The van der Waals surface area contributed by atoms with E-state index in [-0.39, 0.29) is 0 Å². The minimum Gasteiger partial charge on any atom is -0.315 e. The van der Waals surface area contributed by atoms with Crippen LogP contribution in [0, 0.1) is 11.7 Å². The highest BCUT2D eigenvalue weighted by atomic mass is 28.3. The van der Waals surface area contributed by atoms with E-state index in [9.17, 15) is 0 Å². The van der Waals surface area contributed by atoms with Crippen molar-refractivity contribution in [3.05, 3.63) is 0 Å². The van der Waals surface area contributed by atoms with Crippen LogP contribution in [0.4, 0.5) is 0 Å². The molecule has 0 saturated carbocycles. The Hall–Kier alpha value is 0.276. The van der Waals surface area contributed by atoms with Crippen molar-refractivity contribution in [1.82, 2.24) is 0 Å². The molecule has 23 heavy (non-hydrogen) atoms. The normalized spacial score (nSPS) is 13.7. The fourth-order valence-electron chi connectivity index (χ4n) is 4.64. The van der Waals surface area contributed by atoms with Crippen molar-refractivity contribution in [3.8, 4) is 11.7 Å². The van der Waals surface area contributed by atoms with Gasteiger partial charge in [0.1, 0.15) is 0 Å². The Morgan fingerprint density at radius 3 is 1.35 bits per heavy atom. The molecule has 0 unspecified atom stereocenters. The van der Waals surface area contributed by atoms with Gasteiger partial charge in [0, 0.05) is 30.6 Å². The third-order valence-electron chi connectivity index (χ3n) is 4.32. The van der Waals surface area contributed by atoms with E-state index in [0.717, 1.165) is 6.42 Å². The van der Waals surface area contributed by atoms with Gasteiger partial charge in [0.05, 0.1) is 6.15 Å². The highest BCUT2D eigenvalue weighted by Crippen LogP contribution is 2.34. The van der Waals surface area contributed by atoms with Gasteiger partial charge in [0.15, 0.2) is 0 Å². The van der Waals surface area contributed by atoms with Gasteiger partial charge in [-0.25, -0.2) is 0 Å². The van der Waals surface area contributed by atoms with E-state index in [0.29, 0.717) is 0 Å². The van der Waals surface area contributed by atoms with Gasteiger partial charge < -0.3 is 5.82 Å². The van der Waals surface area contributed by atoms with E-state index in [2.05, 4.69) is 77.6 Å². The zero-order chi connectivity index (χ0) is 18.4. The van der Waals surface area contributed by atoms with E-state index >= 15 is 0 Å². The molecule has 0 heterocycles. The van der Waals surface area contributed by atoms with Gasteiger partial charge in [-0.1, -0.05) is 78.7 Å². The summed E-state index contributed by atoms with van der Waals surface area (Å²) >= 11 is 0. The summed E-state index contributed by atoms with van der Waals surface area (Å²) < 4.78 is 0. The molecule has 0 N–H and O–H groups in total. The van der Waals surface area contributed by atoms with Crippen LogP contribution in [0.25, 0.3) is 0 Å². The Morgan fingerprint density at radius 2 is 1.04 bits per heavy atom. The van der Waals surface area contributed by atoms with E-state index in [1.807, 2.05) is 0 Å². The molecular formula is C19H44BSi3-. The fourth-order valence-corrected chi connectivity index (χ4v) is 13.7. The van der Waals surface area contributed by atoms with Crippen LogP contribution in [0.2, 0.25) is 76.8 Å². The number of hydrogen-bond acceptors (Lipinski definition) is 0. The van der Waals surface area contributed by atoms with Crippen molar-refractivity contribution >= 4 is 30.4 Å². The molecule has 0 amide bonds. The van der Waals surface area contributed by atoms with Gasteiger partial charge in [0.2, 0.25) is 0 Å². The van der Waals surface area contributed by atoms with Gasteiger partial charge in [0.25, 0.3) is 0 Å². The number of rotatable bonds is 9. The van der Waals surface area contributed by atoms with Crippen LogP contribution in [0.15, 0.2) is 0 Å². The standard InChI is InChI=1S/C19H44BSi3/c1-11-12-13-14-15-16-20(17-21(2,3)4,18-22(5,6)7)19-23(8,9)10/h11-14,17-19H2,1-10H3/q-1. The summed E-state index contributed by atoms with van der Waals surface area (Å²) in [4.78, 5) is 0. The van der Waals surface area contributed by atoms with Gasteiger partial charge >= 0.3 is 0 Å². The van der Waals surface area contributed by atoms with Crippen LogP contribution in [0.5, 0.6) is 0 Å². The van der Waals surface area contributed by atoms with E-state index < -0.39 is 30.4 Å². The molecule has 0 aromatic carbocycles. The van der Waals surface area contributed by atoms with E-state index in [1.165, 1.54) is 37.1 Å². The first-order valence-corrected chi connectivity index (χ1v) is 21.0. The lowest BCUT2D eigenvalue weighted by Crippen LogP contribution is -2.51. The van der Waals surface area contributed by atoms with Crippen LogP contribution < -0.4 is 0 Å². The summed E-state index contributed by atoms with van der Waals surface area (Å²) in [5.41, 5.74) is 0. The van der Waals surface area contributed by atoms with E-state index in [1.54, 1.807) is 0 Å². The zero-order valence-electron chi connectivity index (χ0n) is 18.0. The molecule has 4 heteroatoms. The third-order valence-corrected chi connectivity index (χ3v) is 10.3. The Bertz CT molecular complexity index is 359. The molecule has 0 spiro atoms. The maximum atomic E-state index is 3.98. The molecule has 0 aliphatic carbocycles. The van der Waals surface area contributed by atoms with Gasteiger partial charge in [-0.05, 0) is 6.42 Å². The summed E-state index contributed by atoms with van der Waals surface area (Å²) in [5.74, 6) is 12.0. The largest absolute Gasteiger partial charge is 0.315 e. The minimum absolute atomic E-state index is 0.468. The molecule has 0 rings (SSSR count). The van der Waals surface area contributed by atoms with Crippen LogP contribution in [-0.2, 0) is 0 Å². The van der Waals surface area contributed by atoms with Crippen molar-refractivity contribution < 1.29 is 0 Å². The van der Waals surface area contributed by atoms with Crippen LogP contribution in [0.3, 0.4) is 0 Å². The Morgan fingerprint density at radius 1 is 0.652 bits per heavy atom. The maximum absolute atomic E-state index is 3.98. The highest BCUT2D eigenvalue weighted by molar-refractivity contribution is 7.11. The first-order valence-electron chi connectivity index (χ1n) is 9.88. The van der Waals surface area contributed by atoms with Crippen LogP contribution >= 0.6 is 0 Å². The van der Waals surface area contributed by atoms with Crippen LogP contribution in [-0.4, -0.2) is 30.4 Å². The molecule has 0 aliphatic rings. The quantitative estimate of drug-likeness (QED) is 0.230. The fraction of sp³-hybridized carbons (Fsp3) is 0.895. The summed E-state index contributed by atoms with van der Waals surface area (Å²) in [7, 11) is -3.29. The van der Waals surface area contributed by atoms with Gasteiger partial charge in [-0.15, -0.1) is 0 Å². The van der Waals surface area contributed by atoms with Crippen molar-refractivity contribution in [3.63, 3.8) is 0 Å².